The lowest BCUT2D eigenvalue weighted by Crippen LogP contribution is -2.44. The van der Waals surface area contributed by atoms with Gasteiger partial charge in [0.05, 0.1) is 20.3 Å². The first kappa shape index (κ1) is 23.6. The number of nitrogens with zero attached hydrogens (tertiary/aromatic N) is 1. The maximum Gasteiger partial charge on any atom is 0.174 e. The molecule has 5 nitrogen and oxygen atoms in total. The van der Waals surface area contributed by atoms with Crippen LogP contribution in [0.2, 0.25) is 0 Å². The summed E-state index contributed by atoms with van der Waals surface area (Å²) < 4.78 is 31.6. The van der Waals surface area contributed by atoms with Gasteiger partial charge in [0.25, 0.3) is 0 Å². The summed E-state index contributed by atoms with van der Waals surface area (Å²) in [5.41, 5.74) is 3.15. The van der Waals surface area contributed by atoms with Crippen molar-refractivity contribution in [3.8, 4) is 17.2 Å². The van der Waals surface area contributed by atoms with Crippen molar-refractivity contribution in [2.45, 2.75) is 12.5 Å². The van der Waals surface area contributed by atoms with Gasteiger partial charge in [-0.1, -0.05) is 0 Å². The van der Waals surface area contributed by atoms with Gasteiger partial charge in [0.2, 0.25) is 0 Å². The topological polar surface area (TPSA) is 43.0 Å². The first-order chi connectivity index (χ1) is 16.0. The number of nitrogens with one attached hydrogen (secondary N) is 1. The van der Waals surface area contributed by atoms with Gasteiger partial charge in [-0.2, -0.15) is 0 Å². The van der Waals surface area contributed by atoms with Gasteiger partial charge in [-0.15, -0.1) is 0 Å². The number of thiocarbonyl (C=S) groups is 1. The smallest absolute Gasteiger partial charge is 0.174 e. The van der Waals surface area contributed by atoms with E-state index < -0.39 is 0 Å². The molecule has 0 saturated heterocycles. The quantitative estimate of drug-likeness (QED) is 0.294. The second kappa shape index (κ2) is 10.6. The fraction of sp³-hybridized carbons (Fsp3) is 0.240. The van der Waals surface area contributed by atoms with Crippen molar-refractivity contribution in [1.82, 2.24) is 4.90 Å². The van der Waals surface area contributed by atoms with Gasteiger partial charge in [-0.3, -0.25) is 0 Å². The van der Waals surface area contributed by atoms with E-state index in [0.29, 0.717) is 29.0 Å². The predicted molar refractivity (Wildman–Crippen MR) is 140 cm³/mol. The second-order valence-corrected chi connectivity index (χ2v) is 9.20. The van der Waals surface area contributed by atoms with Crippen molar-refractivity contribution in [2.24, 2.45) is 0 Å². The number of benzene rings is 3. The number of anilines is 1. The van der Waals surface area contributed by atoms with Crippen LogP contribution in [0.25, 0.3) is 0 Å². The molecule has 0 aliphatic carbocycles. The maximum atomic E-state index is 13.3. The van der Waals surface area contributed by atoms with Crippen molar-refractivity contribution in [2.75, 3.05) is 32.7 Å². The fourth-order valence-corrected chi connectivity index (χ4v) is 4.58. The van der Waals surface area contributed by atoms with Crippen LogP contribution in [0.1, 0.15) is 17.2 Å². The molecule has 1 aliphatic rings. The Morgan fingerprint density at radius 3 is 2.39 bits per heavy atom. The fourth-order valence-electron chi connectivity index (χ4n) is 3.89. The predicted octanol–water partition coefficient (Wildman–Crippen LogP) is 5.82. The van der Waals surface area contributed by atoms with Crippen LogP contribution in [0.15, 0.2) is 60.7 Å². The maximum absolute atomic E-state index is 13.3. The number of hydrogen-bond donors (Lipinski definition) is 1. The summed E-state index contributed by atoms with van der Waals surface area (Å²) in [4.78, 5) is 2.13. The molecule has 1 atom stereocenters. The highest BCUT2D eigenvalue weighted by Crippen LogP contribution is 2.38. The molecule has 8 heteroatoms. The molecule has 0 saturated carbocycles. The third kappa shape index (κ3) is 5.50. The SMILES string of the molecule is COc1cc2c(cc1OC)C(COc1ccc(F)cc1)N(C(=S)Nc1ccc(I)cc1)CC2. The van der Waals surface area contributed by atoms with E-state index >= 15 is 0 Å². The minimum atomic E-state index is -0.299. The molecule has 0 amide bonds. The van der Waals surface area contributed by atoms with Gasteiger partial charge >= 0.3 is 0 Å². The highest BCUT2D eigenvalue weighted by Gasteiger charge is 2.31. The number of methoxy groups -OCH3 is 2. The number of fused-ring (bicyclic) bond motifs is 1. The van der Waals surface area contributed by atoms with E-state index in [-0.39, 0.29) is 11.9 Å². The summed E-state index contributed by atoms with van der Waals surface area (Å²) in [7, 11) is 3.26. The van der Waals surface area contributed by atoms with Gasteiger partial charge in [0, 0.05) is 15.8 Å². The molecule has 1 unspecified atom stereocenters. The minimum Gasteiger partial charge on any atom is -0.493 e. The standard InChI is InChI=1S/C25H24FIN2O3S/c1-30-23-13-16-11-12-29(25(33)28-19-7-5-18(27)6-8-19)22(21(16)14-24(23)31-2)15-32-20-9-3-17(26)4-10-20/h3-10,13-14,22H,11-12,15H2,1-2H3,(H,28,33). The monoisotopic (exact) mass is 578 g/mol. The van der Waals surface area contributed by atoms with Gasteiger partial charge in [-0.25, -0.2) is 4.39 Å². The zero-order valence-electron chi connectivity index (χ0n) is 18.3. The zero-order chi connectivity index (χ0) is 23.4. The van der Waals surface area contributed by atoms with Gasteiger partial charge in [0.15, 0.2) is 16.6 Å². The largest absolute Gasteiger partial charge is 0.493 e. The second-order valence-electron chi connectivity index (χ2n) is 7.57. The summed E-state index contributed by atoms with van der Waals surface area (Å²) in [5.74, 6) is 1.65. The molecule has 0 radical (unpaired) electrons. The normalized spacial score (nSPS) is 14.9. The third-order valence-corrected chi connectivity index (χ3v) is 6.64. The molecule has 0 fully saturated rings. The van der Waals surface area contributed by atoms with E-state index in [2.05, 4.69) is 32.8 Å². The van der Waals surface area contributed by atoms with Crippen molar-refractivity contribution in [3.63, 3.8) is 0 Å². The lowest BCUT2D eigenvalue weighted by atomic mass is 9.92. The highest BCUT2D eigenvalue weighted by atomic mass is 127. The first-order valence-electron chi connectivity index (χ1n) is 10.4. The van der Waals surface area contributed by atoms with Crippen LogP contribution in [-0.4, -0.2) is 37.4 Å². The van der Waals surface area contributed by atoms with Gasteiger partial charge in [-0.05, 0) is 113 Å². The Labute approximate surface area is 212 Å². The lowest BCUT2D eigenvalue weighted by molar-refractivity contribution is 0.190. The van der Waals surface area contributed by atoms with Crippen LogP contribution in [0, 0.1) is 9.39 Å². The molecule has 4 rings (SSSR count). The van der Waals surface area contributed by atoms with Crippen LogP contribution in [0.4, 0.5) is 10.1 Å². The zero-order valence-corrected chi connectivity index (χ0v) is 21.3. The van der Waals surface area contributed by atoms with Crippen LogP contribution >= 0.6 is 34.8 Å². The van der Waals surface area contributed by atoms with E-state index in [0.717, 1.165) is 33.4 Å². The molecule has 1 N–H and O–H groups in total. The van der Waals surface area contributed by atoms with Crippen LogP contribution in [0.3, 0.4) is 0 Å². The Morgan fingerprint density at radius 1 is 1.06 bits per heavy atom. The molecule has 3 aromatic rings. The number of ether oxygens (including phenoxy) is 3. The molecular formula is C25H24FIN2O3S. The molecule has 1 heterocycles. The number of hydrogen-bond acceptors (Lipinski definition) is 4. The van der Waals surface area contributed by atoms with Crippen molar-refractivity contribution in [1.29, 1.82) is 0 Å². The summed E-state index contributed by atoms with van der Waals surface area (Å²) in [5, 5.41) is 3.96. The summed E-state index contributed by atoms with van der Waals surface area (Å²) in [6.45, 7) is 1.05. The molecular weight excluding hydrogens is 554 g/mol. The van der Waals surface area contributed by atoms with E-state index in [1.807, 2.05) is 36.4 Å². The molecule has 172 valence electrons. The molecule has 0 bridgehead atoms. The van der Waals surface area contributed by atoms with Crippen LogP contribution in [-0.2, 0) is 6.42 Å². The highest BCUT2D eigenvalue weighted by molar-refractivity contribution is 14.1. The Kier molecular flexibility index (Phi) is 7.54. The van der Waals surface area contributed by atoms with Crippen molar-refractivity contribution >= 4 is 45.6 Å². The molecule has 0 spiro atoms. The number of rotatable bonds is 6. The first-order valence-corrected chi connectivity index (χ1v) is 11.9. The lowest BCUT2D eigenvalue weighted by Gasteiger charge is -2.39. The summed E-state index contributed by atoms with van der Waals surface area (Å²) in [6, 6.07) is 17.9. The molecule has 1 aliphatic heterocycles. The Morgan fingerprint density at radius 2 is 1.73 bits per heavy atom. The van der Waals surface area contributed by atoms with Crippen molar-refractivity contribution < 1.29 is 18.6 Å². The molecule has 0 aromatic heterocycles. The van der Waals surface area contributed by atoms with E-state index in [4.69, 9.17) is 26.4 Å². The van der Waals surface area contributed by atoms with E-state index in [1.54, 1.807) is 26.4 Å². The Hall–Kier alpha value is -2.59. The Balaban J connectivity index is 1.63. The average Bonchev–Trinajstić information content (AvgIpc) is 2.83. The van der Waals surface area contributed by atoms with Gasteiger partial charge in [0.1, 0.15) is 18.2 Å². The number of halogens is 2. The Bertz CT molecular complexity index is 1130. The van der Waals surface area contributed by atoms with Gasteiger partial charge < -0.3 is 24.4 Å². The summed E-state index contributed by atoms with van der Waals surface area (Å²) >= 11 is 8.08. The van der Waals surface area contributed by atoms with E-state index in [1.165, 1.54) is 12.1 Å². The van der Waals surface area contributed by atoms with Crippen LogP contribution in [0.5, 0.6) is 17.2 Å². The van der Waals surface area contributed by atoms with Crippen LogP contribution < -0.4 is 19.5 Å². The average molecular weight is 578 g/mol. The van der Waals surface area contributed by atoms with Crippen molar-refractivity contribution in [3.05, 3.63) is 81.2 Å². The minimum absolute atomic E-state index is 0.164. The van der Waals surface area contributed by atoms with E-state index in [9.17, 15) is 4.39 Å². The molecule has 3 aromatic carbocycles. The molecule has 33 heavy (non-hydrogen) atoms. The summed E-state index contributed by atoms with van der Waals surface area (Å²) in [6.07, 6.45) is 0.803. The third-order valence-electron chi connectivity index (χ3n) is 5.58.